The van der Waals surface area contributed by atoms with Crippen LogP contribution in [0.4, 0.5) is 8.78 Å². The lowest BCUT2D eigenvalue weighted by molar-refractivity contribution is 0.198. The van der Waals surface area contributed by atoms with Crippen molar-refractivity contribution in [1.29, 1.82) is 0 Å². The van der Waals surface area contributed by atoms with Gasteiger partial charge in [-0.1, -0.05) is 6.07 Å². The van der Waals surface area contributed by atoms with Gasteiger partial charge in [0.2, 0.25) is 5.82 Å². The fourth-order valence-corrected chi connectivity index (χ4v) is 1.63. The molecule has 2 rings (SSSR count). The zero-order valence-corrected chi connectivity index (χ0v) is 9.88. The van der Waals surface area contributed by atoms with Crippen LogP contribution in [0.3, 0.4) is 0 Å². The van der Waals surface area contributed by atoms with Gasteiger partial charge < -0.3 is 10.1 Å². The molecule has 1 fully saturated rings. The lowest BCUT2D eigenvalue weighted by atomic mass is 10.2. The topological polar surface area (TPSA) is 21.3 Å². The highest BCUT2D eigenvalue weighted by Crippen LogP contribution is 2.21. The summed E-state index contributed by atoms with van der Waals surface area (Å²) in [4.78, 5) is 0. The van der Waals surface area contributed by atoms with Gasteiger partial charge in [0, 0.05) is 6.04 Å². The summed E-state index contributed by atoms with van der Waals surface area (Å²) in [5.41, 5.74) is 0. The third-order valence-electron chi connectivity index (χ3n) is 2.81. The van der Waals surface area contributed by atoms with Crippen LogP contribution in [0.25, 0.3) is 0 Å². The highest BCUT2D eigenvalue weighted by Gasteiger charge is 2.20. The molecule has 0 saturated heterocycles. The highest BCUT2D eigenvalue weighted by atomic mass is 19.2. The maximum Gasteiger partial charge on any atom is 0.200 e. The second-order valence-electron chi connectivity index (χ2n) is 4.50. The molecule has 0 aliphatic heterocycles. The third-order valence-corrected chi connectivity index (χ3v) is 2.81. The molecule has 0 spiro atoms. The molecule has 1 aromatic rings. The molecule has 0 radical (unpaired) electrons. The Balaban J connectivity index is 1.79. The summed E-state index contributed by atoms with van der Waals surface area (Å²) >= 11 is 0. The summed E-state index contributed by atoms with van der Waals surface area (Å²) in [6.45, 7) is 2.71. The Labute approximate surface area is 100.0 Å². The van der Waals surface area contributed by atoms with E-state index < -0.39 is 11.6 Å². The van der Waals surface area contributed by atoms with Gasteiger partial charge in [-0.3, -0.25) is 0 Å². The molecular weight excluding hydrogens is 224 g/mol. The lowest BCUT2D eigenvalue weighted by Gasteiger charge is -2.15. The van der Waals surface area contributed by atoms with Gasteiger partial charge in [0.1, 0.15) is 0 Å². The predicted molar refractivity (Wildman–Crippen MR) is 62.1 cm³/mol. The molecule has 94 valence electrons. The van der Waals surface area contributed by atoms with Crippen molar-refractivity contribution in [2.45, 2.75) is 38.3 Å². The Bertz CT molecular complexity index is 380. The van der Waals surface area contributed by atoms with Crippen LogP contribution < -0.4 is 10.1 Å². The fourth-order valence-electron chi connectivity index (χ4n) is 1.63. The molecule has 0 amide bonds. The minimum Gasteiger partial charge on any atom is -0.487 e. The molecule has 1 aromatic carbocycles. The van der Waals surface area contributed by atoms with Crippen molar-refractivity contribution < 1.29 is 13.5 Å². The monoisotopic (exact) mass is 241 g/mol. The van der Waals surface area contributed by atoms with Crippen LogP contribution in [0.2, 0.25) is 0 Å². The summed E-state index contributed by atoms with van der Waals surface area (Å²) < 4.78 is 31.6. The third kappa shape index (κ3) is 3.66. The molecule has 0 aromatic heterocycles. The van der Waals surface area contributed by atoms with Crippen molar-refractivity contribution in [3.05, 3.63) is 29.8 Å². The maximum absolute atomic E-state index is 13.3. The zero-order valence-electron chi connectivity index (χ0n) is 9.88. The summed E-state index contributed by atoms with van der Waals surface area (Å²) in [6, 6.07) is 4.64. The van der Waals surface area contributed by atoms with Crippen LogP contribution in [-0.2, 0) is 0 Å². The van der Waals surface area contributed by atoms with E-state index >= 15 is 0 Å². The number of rotatable bonds is 6. The second-order valence-corrected chi connectivity index (χ2v) is 4.50. The quantitative estimate of drug-likeness (QED) is 0.827. The number of benzene rings is 1. The predicted octanol–water partition coefficient (Wildman–Crippen LogP) is 2.87. The van der Waals surface area contributed by atoms with E-state index in [0.29, 0.717) is 6.04 Å². The van der Waals surface area contributed by atoms with Crippen molar-refractivity contribution in [3.63, 3.8) is 0 Å². The van der Waals surface area contributed by atoms with Gasteiger partial charge in [-0.15, -0.1) is 0 Å². The first kappa shape index (κ1) is 12.3. The first-order valence-corrected chi connectivity index (χ1v) is 6.01. The van der Waals surface area contributed by atoms with Crippen LogP contribution in [0.15, 0.2) is 18.2 Å². The van der Waals surface area contributed by atoms with Gasteiger partial charge in [-0.2, -0.15) is 4.39 Å². The van der Waals surface area contributed by atoms with Crippen molar-refractivity contribution in [2.75, 3.05) is 6.54 Å². The van der Waals surface area contributed by atoms with Crippen molar-refractivity contribution in [2.24, 2.45) is 0 Å². The van der Waals surface area contributed by atoms with Crippen molar-refractivity contribution in [3.8, 4) is 5.75 Å². The number of ether oxygens (including phenoxy) is 1. The van der Waals surface area contributed by atoms with Crippen molar-refractivity contribution in [1.82, 2.24) is 5.32 Å². The Morgan fingerprint density at radius 2 is 2.18 bits per heavy atom. The average Bonchev–Trinajstić information content (AvgIpc) is 3.09. The SMILES string of the molecule is CC(CCNC1CC1)Oc1cccc(F)c1F. The molecule has 1 N–H and O–H groups in total. The molecule has 0 heterocycles. The normalized spacial score (nSPS) is 16.9. The van der Waals surface area contributed by atoms with Crippen LogP contribution >= 0.6 is 0 Å². The van der Waals surface area contributed by atoms with Crippen molar-refractivity contribution >= 4 is 0 Å². The van der Waals surface area contributed by atoms with Gasteiger partial charge in [-0.05, 0) is 44.9 Å². The molecule has 4 heteroatoms. The first-order valence-electron chi connectivity index (χ1n) is 6.01. The van der Waals surface area contributed by atoms with Gasteiger partial charge in [0.05, 0.1) is 6.10 Å². The van der Waals surface area contributed by atoms with Gasteiger partial charge in [0.15, 0.2) is 11.6 Å². The second kappa shape index (κ2) is 5.45. The fraction of sp³-hybridized carbons (Fsp3) is 0.538. The summed E-state index contributed by atoms with van der Waals surface area (Å²) in [5.74, 6) is -1.79. The Kier molecular flexibility index (Phi) is 3.94. The molecule has 1 aliphatic rings. The highest BCUT2D eigenvalue weighted by molar-refractivity contribution is 5.25. The van der Waals surface area contributed by atoms with E-state index in [0.717, 1.165) is 19.0 Å². The first-order chi connectivity index (χ1) is 8.16. The molecule has 1 saturated carbocycles. The summed E-state index contributed by atoms with van der Waals surface area (Å²) in [6.07, 6.45) is 3.14. The Hall–Kier alpha value is -1.16. The molecular formula is C13H17F2NO. The smallest absolute Gasteiger partial charge is 0.200 e. The van der Waals surface area contributed by atoms with E-state index in [1.54, 1.807) is 0 Å². The Morgan fingerprint density at radius 3 is 2.88 bits per heavy atom. The lowest BCUT2D eigenvalue weighted by Crippen LogP contribution is -2.24. The van der Waals surface area contributed by atoms with Crippen LogP contribution in [0.5, 0.6) is 5.75 Å². The van der Waals surface area contributed by atoms with E-state index in [1.165, 1.54) is 25.0 Å². The maximum atomic E-state index is 13.3. The van der Waals surface area contributed by atoms with Gasteiger partial charge >= 0.3 is 0 Å². The number of hydrogen-bond acceptors (Lipinski definition) is 2. The van der Waals surface area contributed by atoms with Gasteiger partial charge in [0.25, 0.3) is 0 Å². The summed E-state index contributed by atoms with van der Waals surface area (Å²) in [5, 5.41) is 3.35. The summed E-state index contributed by atoms with van der Waals surface area (Å²) in [7, 11) is 0. The number of hydrogen-bond donors (Lipinski definition) is 1. The van der Waals surface area contributed by atoms with E-state index in [2.05, 4.69) is 5.32 Å². The minimum absolute atomic E-state index is 0.0103. The molecule has 1 atom stereocenters. The molecule has 1 aliphatic carbocycles. The van der Waals surface area contributed by atoms with E-state index in [9.17, 15) is 8.78 Å². The van der Waals surface area contributed by atoms with Crippen LogP contribution in [0.1, 0.15) is 26.2 Å². The molecule has 17 heavy (non-hydrogen) atoms. The standard InChI is InChI=1S/C13H17F2NO/c1-9(7-8-16-10-5-6-10)17-12-4-2-3-11(14)13(12)15/h2-4,9-10,16H,5-8H2,1H3. The number of nitrogens with one attached hydrogen (secondary N) is 1. The van der Waals surface area contributed by atoms with E-state index in [-0.39, 0.29) is 11.9 Å². The van der Waals surface area contributed by atoms with E-state index in [1.807, 2.05) is 6.92 Å². The van der Waals surface area contributed by atoms with E-state index in [4.69, 9.17) is 4.74 Å². The van der Waals surface area contributed by atoms with Gasteiger partial charge in [-0.25, -0.2) is 4.39 Å². The molecule has 1 unspecified atom stereocenters. The van der Waals surface area contributed by atoms with Crippen LogP contribution in [-0.4, -0.2) is 18.7 Å². The minimum atomic E-state index is -0.908. The Morgan fingerprint density at radius 1 is 1.41 bits per heavy atom. The zero-order chi connectivity index (χ0) is 12.3. The van der Waals surface area contributed by atoms with Crippen LogP contribution in [0, 0.1) is 11.6 Å². The largest absolute Gasteiger partial charge is 0.487 e. The molecule has 2 nitrogen and oxygen atoms in total. The average molecular weight is 241 g/mol. The molecule has 0 bridgehead atoms. The number of halogens is 2.